The van der Waals surface area contributed by atoms with Crippen molar-refractivity contribution in [3.05, 3.63) is 84.2 Å². The quantitative estimate of drug-likeness (QED) is 0.645. The number of ether oxygens (including phenoxy) is 2. The summed E-state index contributed by atoms with van der Waals surface area (Å²) in [6.07, 6.45) is 0. The molecule has 2 N–H and O–H groups in total. The summed E-state index contributed by atoms with van der Waals surface area (Å²) in [6.45, 7) is 1.13. The second-order valence-corrected chi connectivity index (χ2v) is 5.58. The summed E-state index contributed by atoms with van der Waals surface area (Å²) in [5.74, 6) is 0.553. The van der Waals surface area contributed by atoms with Gasteiger partial charge in [-0.1, -0.05) is 48.5 Å². The van der Waals surface area contributed by atoms with Gasteiger partial charge in [0.2, 0.25) is 0 Å². The van der Waals surface area contributed by atoms with E-state index in [9.17, 15) is 4.39 Å². The normalized spacial score (nSPS) is 10.1. The van der Waals surface area contributed by atoms with Gasteiger partial charge in [0.25, 0.3) is 0 Å². The van der Waals surface area contributed by atoms with E-state index in [1.54, 1.807) is 6.07 Å². The summed E-state index contributed by atoms with van der Waals surface area (Å²) in [5, 5.41) is 0. The predicted octanol–water partition coefficient (Wildman–Crippen LogP) is 4.83. The van der Waals surface area contributed by atoms with E-state index in [1.807, 2.05) is 60.7 Å². The Kier molecular flexibility index (Phi) is 7.45. The van der Waals surface area contributed by atoms with Crippen LogP contribution in [0.5, 0.6) is 11.5 Å². The van der Waals surface area contributed by atoms with Crippen molar-refractivity contribution in [3.8, 4) is 22.6 Å². The molecule has 26 heavy (non-hydrogen) atoms. The van der Waals surface area contributed by atoms with Gasteiger partial charge in [0.05, 0.1) is 0 Å². The highest BCUT2D eigenvalue weighted by molar-refractivity contribution is 5.85. The second-order valence-electron chi connectivity index (χ2n) is 5.58. The molecule has 0 aliphatic heterocycles. The second kappa shape index (κ2) is 9.80. The lowest BCUT2D eigenvalue weighted by molar-refractivity contribution is 0.306. The third-order valence-corrected chi connectivity index (χ3v) is 3.72. The summed E-state index contributed by atoms with van der Waals surface area (Å²) in [5.41, 5.74) is 8.12. The zero-order valence-electron chi connectivity index (χ0n) is 14.2. The molecule has 0 aliphatic carbocycles. The minimum atomic E-state index is -0.401. The van der Waals surface area contributed by atoms with Crippen molar-refractivity contribution in [2.24, 2.45) is 5.73 Å². The fourth-order valence-corrected chi connectivity index (χ4v) is 2.47. The first-order chi connectivity index (χ1) is 12.3. The average molecular weight is 374 g/mol. The molecule has 3 aromatic rings. The molecule has 0 aromatic heterocycles. The molecule has 3 rings (SSSR count). The molecule has 0 heterocycles. The fourth-order valence-electron chi connectivity index (χ4n) is 2.47. The standard InChI is InChI=1S/C21H20FNO2.ClH/c22-20-14-18(9-10-21(20)24-12-11-23)17-7-4-8-19(13-17)25-15-16-5-2-1-3-6-16;/h1-10,13-14H,11-12,15,23H2;1H. The summed E-state index contributed by atoms with van der Waals surface area (Å²) >= 11 is 0. The first-order valence-electron chi connectivity index (χ1n) is 8.16. The van der Waals surface area contributed by atoms with Crippen LogP contribution in [0.25, 0.3) is 11.1 Å². The van der Waals surface area contributed by atoms with Gasteiger partial charge in [-0.25, -0.2) is 4.39 Å². The van der Waals surface area contributed by atoms with E-state index in [4.69, 9.17) is 15.2 Å². The highest BCUT2D eigenvalue weighted by atomic mass is 35.5. The summed E-state index contributed by atoms with van der Waals surface area (Å²) in [7, 11) is 0. The molecular formula is C21H21ClFNO2. The Morgan fingerprint density at radius 3 is 2.31 bits per heavy atom. The number of benzene rings is 3. The Hall–Kier alpha value is -2.56. The monoisotopic (exact) mass is 373 g/mol. The molecule has 0 fully saturated rings. The molecule has 0 aliphatic rings. The molecule has 3 nitrogen and oxygen atoms in total. The van der Waals surface area contributed by atoms with Crippen LogP contribution in [0, 0.1) is 5.82 Å². The van der Waals surface area contributed by atoms with Gasteiger partial charge < -0.3 is 15.2 Å². The lowest BCUT2D eigenvalue weighted by Crippen LogP contribution is -2.11. The number of hydrogen-bond acceptors (Lipinski definition) is 3. The van der Waals surface area contributed by atoms with Gasteiger partial charge in [0.1, 0.15) is 19.0 Å². The van der Waals surface area contributed by atoms with Gasteiger partial charge in [-0.3, -0.25) is 0 Å². The molecule has 0 amide bonds. The molecule has 5 heteroatoms. The van der Waals surface area contributed by atoms with E-state index in [-0.39, 0.29) is 18.2 Å². The lowest BCUT2D eigenvalue weighted by Gasteiger charge is -2.10. The van der Waals surface area contributed by atoms with Crippen molar-refractivity contribution >= 4 is 12.4 Å². The minimum Gasteiger partial charge on any atom is -0.489 e. The molecule has 0 saturated heterocycles. The highest BCUT2D eigenvalue weighted by Crippen LogP contribution is 2.28. The van der Waals surface area contributed by atoms with Gasteiger partial charge in [-0.15, -0.1) is 12.4 Å². The van der Waals surface area contributed by atoms with Crippen molar-refractivity contribution in [1.82, 2.24) is 0 Å². The Bertz CT molecular complexity index is 827. The van der Waals surface area contributed by atoms with E-state index in [0.717, 1.165) is 22.4 Å². The van der Waals surface area contributed by atoms with Gasteiger partial charge >= 0.3 is 0 Å². The lowest BCUT2D eigenvalue weighted by atomic mass is 10.1. The Labute approximate surface area is 159 Å². The molecule has 0 spiro atoms. The van der Waals surface area contributed by atoms with Crippen molar-refractivity contribution < 1.29 is 13.9 Å². The van der Waals surface area contributed by atoms with Crippen LogP contribution in [-0.2, 0) is 6.61 Å². The third kappa shape index (κ3) is 5.22. The average Bonchev–Trinajstić information content (AvgIpc) is 2.66. The molecule has 136 valence electrons. The van der Waals surface area contributed by atoms with Gasteiger partial charge in [-0.05, 0) is 41.0 Å². The SMILES string of the molecule is Cl.NCCOc1ccc(-c2cccc(OCc3ccccc3)c2)cc1F. The molecule has 0 bridgehead atoms. The van der Waals surface area contributed by atoms with E-state index in [1.165, 1.54) is 6.07 Å². The molecule has 0 atom stereocenters. The van der Waals surface area contributed by atoms with E-state index >= 15 is 0 Å². The number of rotatable bonds is 7. The zero-order valence-corrected chi connectivity index (χ0v) is 15.0. The molecule has 0 unspecified atom stereocenters. The van der Waals surface area contributed by atoms with Crippen LogP contribution in [0.3, 0.4) is 0 Å². The largest absolute Gasteiger partial charge is 0.489 e. The van der Waals surface area contributed by atoms with Crippen LogP contribution >= 0.6 is 12.4 Å². The molecule has 0 radical (unpaired) electrons. The first kappa shape index (κ1) is 19.8. The Morgan fingerprint density at radius 2 is 1.58 bits per heavy atom. The van der Waals surface area contributed by atoms with Crippen molar-refractivity contribution in [2.75, 3.05) is 13.2 Å². The summed E-state index contributed by atoms with van der Waals surface area (Å²) in [4.78, 5) is 0. The maximum absolute atomic E-state index is 14.1. The van der Waals surface area contributed by atoms with Crippen LogP contribution in [0.4, 0.5) is 4.39 Å². The van der Waals surface area contributed by atoms with E-state index in [2.05, 4.69) is 0 Å². The van der Waals surface area contributed by atoms with Gasteiger partial charge in [0, 0.05) is 6.54 Å². The third-order valence-electron chi connectivity index (χ3n) is 3.72. The number of halogens is 2. The van der Waals surface area contributed by atoms with Crippen LogP contribution in [-0.4, -0.2) is 13.2 Å². The maximum atomic E-state index is 14.1. The molecule has 3 aromatic carbocycles. The smallest absolute Gasteiger partial charge is 0.165 e. The van der Waals surface area contributed by atoms with Crippen molar-refractivity contribution in [3.63, 3.8) is 0 Å². The van der Waals surface area contributed by atoms with Crippen LogP contribution in [0.2, 0.25) is 0 Å². The van der Waals surface area contributed by atoms with Crippen molar-refractivity contribution in [1.29, 1.82) is 0 Å². The predicted molar refractivity (Wildman–Crippen MR) is 104 cm³/mol. The van der Waals surface area contributed by atoms with E-state index < -0.39 is 5.82 Å². The molecule has 0 saturated carbocycles. The maximum Gasteiger partial charge on any atom is 0.165 e. The Morgan fingerprint density at radius 1 is 0.808 bits per heavy atom. The van der Waals surface area contributed by atoms with Crippen LogP contribution in [0.1, 0.15) is 5.56 Å². The van der Waals surface area contributed by atoms with Gasteiger partial charge in [-0.2, -0.15) is 0 Å². The first-order valence-corrected chi connectivity index (χ1v) is 8.16. The number of hydrogen-bond donors (Lipinski definition) is 1. The summed E-state index contributed by atoms with van der Waals surface area (Å²) < 4.78 is 25.2. The minimum absolute atomic E-state index is 0. The van der Waals surface area contributed by atoms with E-state index in [0.29, 0.717) is 19.8 Å². The molecular weight excluding hydrogens is 353 g/mol. The zero-order chi connectivity index (χ0) is 17.5. The van der Waals surface area contributed by atoms with Crippen LogP contribution < -0.4 is 15.2 Å². The highest BCUT2D eigenvalue weighted by Gasteiger charge is 2.07. The van der Waals surface area contributed by atoms with Crippen molar-refractivity contribution in [2.45, 2.75) is 6.61 Å². The van der Waals surface area contributed by atoms with Crippen LogP contribution in [0.15, 0.2) is 72.8 Å². The summed E-state index contributed by atoms with van der Waals surface area (Å²) in [6, 6.07) is 22.5. The topological polar surface area (TPSA) is 44.5 Å². The fraction of sp³-hybridized carbons (Fsp3) is 0.143. The Balaban J connectivity index is 0.00000243. The van der Waals surface area contributed by atoms with Gasteiger partial charge in [0.15, 0.2) is 11.6 Å². The number of nitrogens with two attached hydrogens (primary N) is 1.